The molecule has 14 heavy (non-hydrogen) atoms. The van der Waals surface area contributed by atoms with Crippen molar-refractivity contribution in [3.05, 3.63) is 0 Å². The zero-order chi connectivity index (χ0) is 10.6. The lowest BCUT2D eigenvalue weighted by Gasteiger charge is -2.21. The van der Waals surface area contributed by atoms with Crippen molar-refractivity contribution in [2.45, 2.75) is 13.8 Å². The molecular formula is C9H17N3O2. The maximum Gasteiger partial charge on any atom is 0.324 e. The van der Waals surface area contributed by atoms with Gasteiger partial charge >= 0.3 is 6.03 Å². The molecule has 3 amide bonds. The number of nitrogens with one attached hydrogen (secondary N) is 1. The minimum Gasteiger partial charge on any atom is -0.314 e. The summed E-state index contributed by atoms with van der Waals surface area (Å²) >= 11 is 0. The first-order chi connectivity index (χ1) is 6.67. The second-order valence-corrected chi connectivity index (χ2v) is 3.30. The SMILES string of the molecule is CCN(CC)CCN1CC(=O)NC1=O. The summed E-state index contributed by atoms with van der Waals surface area (Å²) in [5.74, 6) is -0.199. The van der Waals surface area contributed by atoms with E-state index in [1.165, 1.54) is 0 Å². The monoisotopic (exact) mass is 199 g/mol. The molecule has 0 atom stereocenters. The van der Waals surface area contributed by atoms with Crippen LogP contribution in [0.2, 0.25) is 0 Å². The highest BCUT2D eigenvalue weighted by Crippen LogP contribution is 1.98. The molecule has 1 rings (SSSR count). The number of likely N-dealkylation sites (N-methyl/N-ethyl adjacent to an activating group) is 1. The summed E-state index contributed by atoms with van der Waals surface area (Å²) in [5.41, 5.74) is 0. The summed E-state index contributed by atoms with van der Waals surface area (Å²) in [4.78, 5) is 25.8. The Morgan fingerprint density at radius 2 is 2.00 bits per heavy atom. The highest BCUT2D eigenvalue weighted by atomic mass is 16.2. The molecule has 0 aromatic carbocycles. The van der Waals surface area contributed by atoms with Gasteiger partial charge in [-0.25, -0.2) is 4.79 Å². The minimum atomic E-state index is -0.262. The third-order valence-corrected chi connectivity index (χ3v) is 2.45. The van der Waals surface area contributed by atoms with E-state index >= 15 is 0 Å². The fraction of sp³-hybridized carbons (Fsp3) is 0.778. The van der Waals surface area contributed by atoms with Crippen molar-refractivity contribution in [2.24, 2.45) is 0 Å². The molecule has 1 saturated heterocycles. The molecule has 0 spiro atoms. The van der Waals surface area contributed by atoms with E-state index in [4.69, 9.17) is 0 Å². The smallest absolute Gasteiger partial charge is 0.314 e. The Hall–Kier alpha value is -1.10. The van der Waals surface area contributed by atoms with Crippen molar-refractivity contribution in [3.63, 3.8) is 0 Å². The number of nitrogens with zero attached hydrogens (tertiary/aromatic N) is 2. The highest BCUT2D eigenvalue weighted by molar-refractivity contribution is 6.01. The number of hydrogen-bond donors (Lipinski definition) is 1. The van der Waals surface area contributed by atoms with Crippen molar-refractivity contribution in [1.29, 1.82) is 0 Å². The van der Waals surface area contributed by atoms with Crippen LogP contribution in [0.4, 0.5) is 4.79 Å². The fourth-order valence-corrected chi connectivity index (χ4v) is 1.47. The number of imide groups is 1. The molecule has 1 aliphatic rings. The van der Waals surface area contributed by atoms with Gasteiger partial charge < -0.3 is 9.80 Å². The number of carbonyl (C=O) groups is 2. The Kier molecular flexibility index (Phi) is 3.88. The molecule has 5 nitrogen and oxygen atoms in total. The number of amides is 3. The van der Waals surface area contributed by atoms with Crippen LogP contribution in [0.15, 0.2) is 0 Å². The van der Waals surface area contributed by atoms with E-state index in [2.05, 4.69) is 24.1 Å². The predicted octanol–water partition coefficient (Wildman–Crippen LogP) is -0.120. The van der Waals surface area contributed by atoms with E-state index in [0.717, 1.165) is 19.6 Å². The first-order valence-corrected chi connectivity index (χ1v) is 4.98. The summed E-state index contributed by atoms with van der Waals surface area (Å²) in [6.45, 7) is 7.77. The number of urea groups is 1. The maximum atomic E-state index is 11.1. The highest BCUT2D eigenvalue weighted by Gasteiger charge is 2.26. The third-order valence-electron chi connectivity index (χ3n) is 2.45. The zero-order valence-electron chi connectivity index (χ0n) is 8.75. The van der Waals surface area contributed by atoms with Gasteiger partial charge in [-0.05, 0) is 13.1 Å². The van der Waals surface area contributed by atoms with Crippen LogP contribution in [0.3, 0.4) is 0 Å². The van der Waals surface area contributed by atoms with Gasteiger partial charge in [0.2, 0.25) is 5.91 Å². The van der Waals surface area contributed by atoms with E-state index < -0.39 is 0 Å². The second-order valence-electron chi connectivity index (χ2n) is 3.30. The lowest BCUT2D eigenvalue weighted by molar-refractivity contribution is -0.118. The van der Waals surface area contributed by atoms with E-state index in [1.54, 1.807) is 4.90 Å². The van der Waals surface area contributed by atoms with Gasteiger partial charge in [0, 0.05) is 13.1 Å². The average molecular weight is 199 g/mol. The Balaban J connectivity index is 2.31. The summed E-state index contributed by atoms with van der Waals surface area (Å²) < 4.78 is 0. The molecule has 0 radical (unpaired) electrons. The quantitative estimate of drug-likeness (QED) is 0.628. The molecule has 1 heterocycles. The third kappa shape index (κ3) is 2.70. The topological polar surface area (TPSA) is 52.6 Å². The molecule has 0 bridgehead atoms. The van der Waals surface area contributed by atoms with E-state index in [0.29, 0.717) is 6.54 Å². The van der Waals surface area contributed by atoms with Crippen LogP contribution < -0.4 is 5.32 Å². The van der Waals surface area contributed by atoms with Gasteiger partial charge in [0.25, 0.3) is 0 Å². The van der Waals surface area contributed by atoms with Crippen molar-refractivity contribution < 1.29 is 9.59 Å². The summed E-state index contributed by atoms with van der Waals surface area (Å²) in [6.07, 6.45) is 0. The molecule has 80 valence electrons. The fourth-order valence-electron chi connectivity index (χ4n) is 1.47. The maximum absolute atomic E-state index is 11.1. The van der Waals surface area contributed by atoms with Crippen LogP contribution in [0.25, 0.3) is 0 Å². The van der Waals surface area contributed by atoms with Crippen LogP contribution in [0.1, 0.15) is 13.8 Å². The number of hydrogen-bond acceptors (Lipinski definition) is 3. The lowest BCUT2D eigenvalue weighted by atomic mass is 10.4. The van der Waals surface area contributed by atoms with Crippen molar-refractivity contribution in [3.8, 4) is 0 Å². The molecule has 0 aromatic heterocycles. The molecule has 1 fully saturated rings. The summed E-state index contributed by atoms with van der Waals surface area (Å²) in [7, 11) is 0. The Morgan fingerprint density at radius 3 is 2.43 bits per heavy atom. The minimum absolute atomic E-state index is 0.199. The predicted molar refractivity (Wildman–Crippen MR) is 52.9 cm³/mol. The second kappa shape index (κ2) is 4.95. The van der Waals surface area contributed by atoms with E-state index in [1.807, 2.05) is 0 Å². The van der Waals surface area contributed by atoms with Gasteiger partial charge in [-0.15, -0.1) is 0 Å². The van der Waals surface area contributed by atoms with Gasteiger partial charge in [-0.1, -0.05) is 13.8 Å². The van der Waals surface area contributed by atoms with Gasteiger partial charge in [0.15, 0.2) is 0 Å². The van der Waals surface area contributed by atoms with Gasteiger partial charge in [-0.2, -0.15) is 0 Å². The van der Waals surface area contributed by atoms with Gasteiger partial charge in [0.1, 0.15) is 6.54 Å². The van der Waals surface area contributed by atoms with E-state index in [9.17, 15) is 9.59 Å². The Labute approximate surface area is 84.0 Å². The average Bonchev–Trinajstić information content (AvgIpc) is 2.47. The largest absolute Gasteiger partial charge is 0.324 e. The van der Waals surface area contributed by atoms with Crippen molar-refractivity contribution in [2.75, 3.05) is 32.7 Å². The Morgan fingerprint density at radius 1 is 1.36 bits per heavy atom. The molecule has 1 N–H and O–H groups in total. The zero-order valence-corrected chi connectivity index (χ0v) is 8.75. The van der Waals surface area contributed by atoms with Crippen molar-refractivity contribution >= 4 is 11.9 Å². The standard InChI is InChI=1S/C9H17N3O2/c1-3-11(4-2)5-6-12-7-8(13)10-9(12)14/h3-7H2,1-2H3,(H,10,13,14). The number of rotatable bonds is 5. The van der Waals surface area contributed by atoms with E-state index in [-0.39, 0.29) is 18.5 Å². The van der Waals surface area contributed by atoms with Crippen LogP contribution >= 0.6 is 0 Å². The molecule has 0 saturated carbocycles. The summed E-state index contributed by atoms with van der Waals surface area (Å²) in [5, 5.41) is 2.26. The van der Waals surface area contributed by atoms with Crippen molar-refractivity contribution in [1.82, 2.24) is 15.1 Å². The first-order valence-electron chi connectivity index (χ1n) is 4.98. The molecule has 0 aliphatic carbocycles. The molecular weight excluding hydrogens is 182 g/mol. The molecule has 0 aromatic rings. The van der Waals surface area contributed by atoms with Crippen LogP contribution in [0, 0.1) is 0 Å². The van der Waals surface area contributed by atoms with Crippen LogP contribution in [-0.4, -0.2) is 54.5 Å². The lowest BCUT2D eigenvalue weighted by Crippen LogP contribution is -2.36. The molecule has 1 aliphatic heterocycles. The van der Waals surface area contributed by atoms with Gasteiger partial charge in [0.05, 0.1) is 0 Å². The normalized spacial score (nSPS) is 16.6. The van der Waals surface area contributed by atoms with Crippen LogP contribution in [0.5, 0.6) is 0 Å². The van der Waals surface area contributed by atoms with Gasteiger partial charge in [-0.3, -0.25) is 10.1 Å². The Bertz CT molecular complexity index is 226. The summed E-state index contributed by atoms with van der Waals surface area (Å²) in [6, 6.07) is -0.262. The number of carbonyl (C=O) groups excluding carboxylic acids is 2. The first kappa shape index (κ1) is 11.0. The van der Waals surface area contributed by atoms with Crippen LogP contribution in [-0.2, 0) is 4.79 Å². The molecule has 0 unspecified atom stereocenters. The molecule has 5 heteroatoms.